The Bertz CT molecular complexity index is 676. The Hall–Kier alpha value is -2.62. The maximum Gasteiger partial charge on any atom is 0.310 e. The molecular formula is C18H18O4. The van der Waals surface area contributed by atoms with Crippen molar-refractivity contribution in [3.63, 3.8) is 0 Å². The minimum atomic E-state index is -0.339. The van der Waals surface area contributed by atoms with Crippen LogP contribution in [0.4, 0.5) is 0 Å². The highest BCUT2D eigenvalue weighted by Gasteiger charge is 2.16. The average molecular weight is 298 g/mol. The van der Waals surface area contributed by atoms with E-state index < -0.39 is 0 Å². The van der Waals surface area contributed by atoms with Gasteiger partial charge in [-0.1, -0.05) is 36.4 Å². The lowest BCUT2D eigenvalue weighted by molar-refractivity contribution is -0.142. The van der Waals surface area contributed by atoms with E-state index in [-0.39, 0.29) is 18.2 Å². The first-order valence-electron chi connectivity index (χ1n) is 7.08. The number of carbonyl (C=O) groups is 2. The normalized spacial score (nSPS) is 10.1. The summed E-state index contributed by atoms with van der Waals surface area (Å²) in [6, 6.07) is 14.0. The quantitative estimate of drug-likeness (QED) is 0.607. The molecular weight excluding hydrogens is 280 g/mol. The Kier molecular flexibility index (Phi) is 5.31. The molecule has 22 heavy (non-hydrogen) atoms. The summed E-state index contributed by atoms with van der Waals surface area (Å²) in [5.41, 5.74) is 1.69. The molecule has 0 aliphatic rings. The van der Waals surface area contributed by atoms with E-state index in [0.717, 1.165) is 0 Å². The largest absolute Gasteiger partial charge is 0.497 e. The summed E-state index contributed by atoms with van der Waals surface area (Å²) in [5, 5.41) is 0. The van der Waals surface area contributed by atoms with Crippen LogP contribution in [0.3, 0.4) is 0 Å². The van der Waals surface area contributed by atoms with Crippen LogP contribution < -0.4 is 4.74 Å². The summed E-state index contributed by atoms with van der Waals surface area (Å²) in [5.74, 6) is 0.140. The van der Waals surface area contributed by atoms with Crippen molar-refractivity contribution in [2.45, 2.75) is 13.3 Å². The number of methoxy groups -OCH3 is 1. The third-order valence-corrected chi connectivity index (χ3v) is 3.23. The van der Waals surface area contributed by atoms with Crippen molar-refractivity contribution in [1.29, 1.82) is 0 Å². The predicted octanol–water partition coefficient (Wildman–Crippen LogP) is 3.03. The van der Waals surface area contributed by atoms with Crippen molar-refractivity contribution >= 4 is 11.8 Å². The van der Waals surface area contributed by atoms with Crippen LogP contribution in [-0.4, -0.2) is 25.5 Å². The third-order valence-electron chi connectivity index (χ3n) is 3.23. The van der Waals surface area contributed by atoms with Gasteiger partial charge < -0.3 is 9.47 Å². The van der Waals surface area contributed by atoms with Gasteiger partial charge in [0.15, 0.2) is 5.78 Å². The number of ether oxygens (including phenoxy) is 2. The van der Waals surface area contributed by atoms with Gasteiger partial charge in [0.25, 0.3) is 0 Å². The molecule has 114 valence electrons. The van der Waals surface area contributed by atoms with Gasteiger partial charge in [0.1, 0.15) is 5.75 Å². The molecule has 4 nitrogen and oxygen atoms in total. The Morgan fingerprint density at radius 2 is 1.82 bits per heavy atom. The van der Waals surface area contributed by atoms with Crippen LogP contribution >= 0.6 is 0 Å². The van der Waals surface area contributed by atoms with Crippen LogP contribution in [0.15, 0.2) is 48.5 Å². The van der Waals surface area contributed by atoms with Gasteiger partial charge in [-0.15, -0.1) is 0 Å². The van der Waals surface area contributed by atoms with Gasteiger partial charge in [-0.2, -0.15) is 0 Å². The summed E-state index contributed by atoms with van der Waals surface area (Å²) in [6.45, 7) is 2.08. The number of rotatable bonds is 6. The second-order valence-electron chi connectivity index (χ2n) is 4.70. The minimum absolute atomic E-state index is 0.0831. The van der Waals surface area contributed by atoms with E-state index in [4.69, 9.17) is 9.47 Å². The molecule has 0 aliphatic heterocycles. The van der Waals surface area contributed by atoms with Gasteiger partial charge >= 0.3 is 5.97 Å². The zero-order valence-electron chi connectivity index (χ0n) is 12.7. The summed E-state index contributed by atoms with van der Waals surface area (Å²) < 4.78 is 10.1. The molecule has 0 atom stereocenters. The molecule has 0 aliphatic carbocycles. The number of carbonyl (C=O) groups excluding carboxylic acids is 2. The Morgan fingerprint density at radius 3 is 2.55 bits per heavy atom. The Morgan fingerprint density at radius 1 is 1.05 bits per heavy atom. The standard InChI is InChI=1S/C18H18O4/c1-3-22-17(19)12-13-7-4-5-10-16(13)18(20)14-8-6-9-15(11-14)21-2/h4-11H,3,12H2,1-2H3. The first-order chi connectivity index (χ1) is 10.7. The lowest BCUT2D eigenvalue weighted by Crippen LogP contribution is -2.12. The first-order valence-corrected chi connectivity index (χ1v) is 7.08. The minimum Gasteiger partial charge on any atom is -0.497 e. The number of ketones is 1. The molecule has 2 aromatic carbocycles. The van der Waals surface area contributed by atoms with Gasteiger partial charge in [0, 0.05) is 11.1 Å². The van der Waals surface area contributed by atoms with Crippen molar-refractivity contribution in [2.75, 3.05) is 13.7 Å². The molecule has 0 aromatic heterocycles. The van der Waals surface area contributed by atoms with Crippen molar-refractivity contribution in [3.8, 4) is 5.75 Å². The van der Waals surface area contributed by atoms with Crippen LogP contribution in [0.5, 0.6) is 5.75 Å². The smallest absolute Gasteiger partial charge is 0.310 e. The van der Waals surface area contributed by atoms with Crippen molar-refractivity contribution in [3.05, 3.63) is 65.2 Å². The fourth-order valence-corrected chi connectivity index (χ4v) is 2.18. The zero-order chi connectivity index (χ0) is 15.9. The van der Waals surface area contributed by atoms with E-state index in [9.17, 15) is 9.59 Å². The lowest BCUT2D eigenvalue weighted by atomic mass is 9.96. The highest BCUT2D eigenvalue weighted by Crippen LogP contribution is 2.19. The monoisotopic (exact) mass is 298 g/mol. The summed E-state index contributed by atoms with van der Waals surface area (Å²) in [4.78, 5) is 24.3. The lowest BCUT2D eigenvalue weighted by Gasteiger charge is -2.09. The van der Waals surface area contributed by atoms with Gasteiger partial charge in [-0.25, -0.2) is 0 Å². The van der Waals surface area contributed by atoms with E-state index in [1.807, 2.05) is 0 Å². The fraction of sp³-hybridized carbons (Fsp3) is 0.222. The van der Waals surface area contributed by atoms with Gasteiger partial charge in [0.05, 0.1) is 20.1 Å². The van der Waals surface area contributed by atoms with Crippen LogP contribution in [0.2, 0.25) is 0 Å². The maximum atomic E-state index is 12.7. The van der Waals surface area contributed by atoms with Crippen LogP contribution in [0, 0.1) is 0 Å². The number of hydrogen-bond donors (Lipinski definition) is 0. The van der Waals surface area contributed by atoms with Crippen LogP contribution in [0.25, 0.3) is 0 Å². The van der Waals surface area contributed by atoms with Gasteiger partial charge in [-0.3, -0.25) is 9.59 Å². The second kappa shape index (κ2) is 7.41. The van der Waals surface area contributed by atoms with E-state index in [1.54, 1.807) is 62.6 Å². The molecule has 0 radical (unpaired) electrons. The van der Waals surface area contributed by atoms with E-state index in [1.165, 1.54) is 0 Å². The molecule has 0 bridgehead atoms. The molecule has 0 unspecified atom stereocenters. The van der Waals surface area contributed by atoms with Gasteiger partial charge in [-0.05, 0) is 24.6 Å². The van der Waals surface area contributed by atoms with E-state index in [2.05, 4.69) is 0 Å². The Balaban J connectivity index is 2.31. The van der Waals surface area contributed by atoms with Crippen LogP contribution in [0.1, 0.15) is 28.4 Å². The molecule has 0 heterocycles. The predicted molar refractivity (Wildman–Crippen MR) is 83.2 cm³/mol. The summed E-state index contributed by atoms with van der Waals surface area (Å²) >= 11 is 0. The molecule has 0 spiro atoms. The van der Waals surface area contributed by atoms with Crippen molar-refractivity contribution < 1.29 is 19.1 Å². The summed E-state index contributed by atoms with van der Waals surface area (Å²) in [7, 11) is 1.55. The van der Waals surface area contributed by atoms with Crippen molar-refractivity contribution in [2.24, 2.45) is 0 Å². The molecule has 4 heteroatoms. The molecule has 0 saturated heterocycles. The molecule has 0 fully saturated rings. The summed E-state index contributed by atoms with van der Waals surface area (Å²) in [6.07, 6.45) is 0.0831. The molecule has 2 aromatic rings. The molecule has 2 rings (SSSR count). The third kappa shape index (κ3) is 3.73. The molecule has 0 saturated carbocycles. The number of benzene rings is 2. The van der Waals surface area contributed by atoms with Gasteiger partial charge in [0.2, 0.25) is 0 Å². The highest BCUT2D eigenvalue weighted by atomic mass is 16.5. The van der Waals surface area contributed by atoms with E-state index >= 15 is 0 Å². The number of esters is 1. The average Bonchev–Trinajstić information content (AvgIpc) is 2.55. The number of hydrogen-bond acceptors (Lipinski definition) is 4. The van der Waals surface area contributed by atoms with Crippen LogP contribution in [-0.2, 0) is 16.0 Å². The topological polar surface area (TPSA) is 52.6 Å². The fourth-order valence-electron chi connectivity index (χ4n) is 2.18. The zero-order valence-corrected chi connectivity index (χ0v) is 12.7. The second-order valence-corrected chi connectivity index (χ2v) is 4.70. The SMILES string of the molecule is CCOC(=O)Cc1ccccc1C(=O)c1cccc(OC)c1. The first kappa shape index (κ1) is 15.8. The Labute approximate surface area is 129 Å². The van der Waals surface area contributed by atoms with Crippen molar-refractivity contribution in [1.82, 2.24) is 0 Å². The maximum absolute atomic E-state index is 12.7. The molecule has 0 N–H and O–H groups in total. The molecule has 0 amide bonds. The van der Waals surface area contributed by atoms with E-state index in [0.29, 0.717) is 29.0 Å². The highest BCUT2D eigenvalue weighted by molar-refractivity contribution is 6.10.